The lowest BCUT2D eigenvalue weighted by Gasteiger charge is -2.40. The van der Waals surface area contributed by atoms with E-state index in [9.17, 15) is 9.59 Å². The number of hydrogen-bond donors (Lipinski definition) is 1. The molecule has 1 aliphatic carbocycles. The van der Waals surface area contributed by atoms with Crippen LogP contribution in [-0.4, -0.2) is 18.9 Å². The van der Waals surface area contributed by atoms with Gasteiger partial charge in [0.05, 0.1) is 13.2 Å². The summed E-state index contributed by atoms with van der Waals surface area (Å²) >= 11 is 0. The van der Waals surface area contributed by atoms with Crippen molar-refractivity contribution < 1.29 is 19.1 Å². The monoisotopic (exact) mass is 469 g/mol. The molecular weight excluding hydrogens is 438 g/mol. The number of methoxy groups -OCH3 is 1. The highest BCUT2D eigenvalue weighted by atomic mass is 16.6. The first kappa shape index (κ1) is 23.2. The number of anilines is 1. The number of rotatable bonds is 5. The first-order chi connectivity index (χ1) is 16.8. The lowest BCUT2D eigenvalue weighted by atomic mass is 9.68. The van der Waals surface area contributed by atoms with Crippen LogP contribution in [0.1, 0.15) is 63.6 Å². The average molecular weight is 470 g/mol. The first-order valence-electron chi connectivity index (χ1n) is 12.2. The lowest BCUT2D eigenvalue weighted by Crippen LogP contribution is -2.33. The number of allylic oxidation sites excluding steroid dienone is 1. The van der Waals surface area contributed by atoms with Crippen molar-refractivity contribution in [3.63, 3.8) is 0 Å². The quantitative estimate of drug-likeness (QED) is 0.326. The molecule has 0 radical (unpaired) electrons. The van der Waals surface area contributed by atoms with Gasteiger partial charge in [-0.2, -0.15) is 0 Å². The third-order valence-electron chi connectivity index (χ3n) is 6.94. The van der Waals surface area contributed by atoms with Gasteiger partial charge in [-0.05, 0) is 58.4 Å². The lowest BCUT2D eigenvalue weighted by molar-refractivity contribution is -0.134. The minimum absolute atomic E-state index is 0.110. The topological polar surface area (TPSA) is 64.6 Å². The molecule has 35 heavy (non-hydrogen) atoms. The number of ether oxygens (including phenoxy) is 2. The van der Waals surface area contributed by atoms with Crippen LogP contribution in [0.15, 0.2) is 60.2 Å². The van der Waals surface area contributed by atoms with E-state index >= 15 is 0 Å². The van der Waals surface area contributed by atoms with Crippen LogP contribution < -0.4 is 14.8 Å². The van der Waals surface area contributed by atoms with Crippen molar-refractivity contribution >= 4 is 33.8 Å². The van der Waals surface area contributed by atoms with Crippen molar-refractivity contribution in [3.8, 4) is 11.5 Å². The first-order valence-corrected chi connectivity index (χ1v) is 12.2. The van der Waals surface area contributed by atoms with E-state index < -0.39 is 0 Å². The van der Waals surface area contributed by atoms with Crippen LogP contribution in [0.4, 0.5) is 5.69 Å². The molecule has 2 aliphatic rings. The average Bonchev–Trinajstić information content (AvgIpc) is 2.82. The maximum Gasteiger partial charge on any atom is 0.311 e. The highest BCUT2D eigenvalue weighted by Crippen LogP contribution is 2.52. The number of nitrogens with one attached hydrogen (secondary N) is 1. The smallest absolute Gasteiger partial charge is 0.311 e. The second kappa shape index (κ2) is 8.88. The van der Waals surface area contributed by atoms with Crippen LogP contribution in [0.2, 0.25) is 0 Å². The van der Waals surface area contributed by atoms with E-state index in [0.29, 0.717) is 30.8 Å². The number of ketones is 1. The number of carbonyl (C=O) groups excluding carboxylic acids is 2. The number of benzene rings is 3. The number of hydrogen-bond acceptors (Lipinski definition) is 5. The Bertz CT molecular complexity index is 1370. The van der Waals surface area contributed by atoms with Crippen LogP contribution >= 0.6 is 0 Å². The fourth-order valence-electron chi connectivity index (χ4n) is 5.41. The van der Waals surface area contributed by atoms with Crippen molar-refractivity contribution in [1.29, 1.82) is 0 Å². The van der Waals surface area contributed by atoms with Crippen LogP contribution in [0.25, 0.3) is 16.3 Å². The zero-order valence-electron chi connectivity index (χ0n) is 20.7. The molecule has 0 unspecified atom stereocenters. The predicted octanol–water partition coefficient (Wildman–Crippen LogP) is 6.86. The molecule has 180 valence electrons. The van der Waals surface area contributed by atoms with Gasteiger partial charge in [-0.25, -0.2) is 0 Å². The zero-order chi connectivity index (χ0) is 24.7. The van der Waals surface area contributed by atoms with E-state index in [4.69, 9.17) is 9.47 Å². The standard InChI is InChI=1S/C30H31NO4/c1-5-8-26(33)35-24-14-12-19(15-25(24)34-4)29-28-21(16-30(2,3)17-23(28)32)27-20-10-7-6-9-18(20)11-13-22(27)31-29/h6-7,9-15,29,31H,5,8,16-17H2,1-4H3/t29-/m0/s1. The van der Waals surface area contributed by atoms with Gasteiger partial charge in [-0.3, -0.25) is 9.59 Å². The maximum absolute atomic E-state index is 13.6. The molecule has 1 atom stereocenters. The normalized spacial score (nSPS) is 18.5. The molecule has 5 nitrogen and oxygen atoms in total. The molecule has 3 aromatic carbocycles. The summed E-state index contributed by atoms with van der Waals surface area (Å²) in [6.07, 6.45) is 2.40. The molecule has 5 rings (SSSR count). The van der Waals surface area contributed by atoms with E-state index in [-0.39, 0.29) is 23.2 Å². The fraction of sp³-hybridized carbons (Fsp3) is 0.333. The van der Waals surface area contributed by atoms with E-state index in [1.807, 2.05) is 31.2 Å². The predicted molar refractivity (Wildman–Crippen MR) is 139 cm³/mol. The molecule has 0 amide bonds. The third kappa shape index (κ3) is 4.20. The van der Waals surface area contributed by atoms with E-state index in [1.165, 1.54) is 0 Å². The Morgan fingerprint density at radius 2 is 1.86 bits per heavy atom. The summed E-state index contributed by atoms with van der Waals surface area (Å²) in [5.74, 6) is 0.751. The minimum Gasteiger partial charge on any atom is -0.493 e. The highest BCUT2D eigenvalue weighted by Gasteiger charge is 2.41. The molecule has 0 saturated carbocycles. The molecule has 1 aliphatic heterocycles. The summed E-state index contributed by atoms with van der Waals surface area (Å²) in [5, 5.41) is 5.97. The van der Waals surface area contributed by atoms with Crippen molar-refractivity contribution in [2.75, 3.05) is 12.4 Å². The summed E-state index contributed by atoms with van der Waals surface area (Å²) in [4.78, 5) is 25.7. The Hall–Kier alpha value is -3.60. The van der Waals surface area contributed by atoms with E-state index in [2.05, 4.69) is 43.4 Å². The zero-order valence-corrected chi connectivity index (χ0v) is 20.7. The Kier molecular flexibility index (Phi) is 5.87. The van der Waals surface area contributed by atoms with Crippen LogP contribution in [-0.2, 0) is 9.59 Å². The molecular formula is C30H31NO4. The summed E-state index contributed by atoms with van der Waals surface area (Å²) in [6, 6.07) is 17.8. The molecule has 0 fully saturated rings. The largest absolute Gasteiger partial charge is 0.493 e. The van der Waals surface area contributed by atoms with Gasteiger partial charge in [0.15, 0.2) is 17.3 Å². The summed E-state index contributed by atoms with van der Waals surface area (Å²) in [5.41, 5.74) is 4.89. The van der Waals surface area contributed by atoms with Gasteiger partial charge >= 0.3 is 5.97 Å². The second-order valence-corrected chi connectivity index (χ2v) is 10.3. The summed E-state index contributed by atoms with van der Waals surface area (Å²) in [7, 11) is 1.56. The van der Waals surface area contributed by atoms with Crippen LogP contribution in [0.3, 0.4) is 0 Å². The summed E-state index contributed by atoms with van der Waals surface area (Å²) < 4.78 is 11.1. The third-order valence-corrected chi connectivity index (χ3v) is 6.94. The van der Waals surface area contributed by atoms with Gasteiger partial charge in [0, 0.05) is 29.7 Å². The molecule has 1 N–H and O–H groups in total. The maximum atomic E-state index is 13.6. The number of carbonyl (C=O) groups is 2. The van der Waals surface area contributed by atoms with Gasteiger partial charge in [-0.1, -0.05) is 57.2 Å². The van der Waals surface area contributed by atoms with Crippen LogP contribution in [0.5, 0.6) is 11.5 Å². The van der Waals surface area contributed by atoms with Crippen LogP contribution in [0, 0.1) is 5.41 Å². The van der Waals surface area contributed by atoms with E-state index in [1.54, 1.807) is 13.2 Å². The van der Waals surface area contributed by atoms with E-state index in [0.717, 1.165) is 45.2 Å². The fourth-order valence-corrected chi connectivity index (χ4v) is 5.41. The van der Waals surface area contributed by atoms with Crippen molar-refractivity contribution in [1.82, 2.24) is 0 Å². The minimum atomic E-state index is -0.309. The van der Waals surface area contributed by atoms with Gasteiger partial charge in [0.2, 0.25) is 0 Å². The van der Waals surface area contributed by atoms with Crippen molar-refractivity contribution in [2.45, 2.75) is 52.5 Å². The summed E-state index contributed by atoms with van der Waals surface area (Å²) in [6.45, 7) is 6.27. The number of esters is 1. The van der Waals surface area contributed by atoms with Gasteiger partial charge in [0.1, 0.15) is 0 Å². The molecule has 3 aromatic rings. The molecule has 0 bridgehead atoms. The molecule has 0 spiro atoms. The SMILES string of the molecule is CCCC(=O)Oc1ccc([C@@H]2Nc3ccc4ccccc4c3C3=C2C(=O)CC(C)(C)C3)cc1OC. The van der Waals surface area contributed by atoms with Crippen molar-refractivity contribution in [2.24, 2.45) is 5.41 Å². The highest BCUT2D eigenvalue weighted by molar-refractivity contribution is 6.12. The number of Topliss-reactive ketones (excluding diaryl/α,β-unsaturated/α-hetero) is 1. The molecule has 5 heteroatoms. The Morgan fingerprint density at radius 3 is 2.63 bits per heavy atom. The molecule has 0 aromatic heterocycles. The van der Waals surface area contributed by atoms with Gasteiger partial charge in [-0.15, -0.1) is 0 Å². The van der Waals surface area contributed by atoms with Crippen molar-refractivity contribution in [3.05, 3.63) is 71.3 Å². The second-order valence-electron chi connectivity index (χ2n) is 10.3. The molecule has 1 heterocycles. The Morgan fingerprint density at radius 1 is 1.06 bits per heavy atom. The Labute approximate surface area is 206 Å². The number of fused-ring (bicyclic) bond motifs is 4. The van der Waals surface area contributed by atoms with Gasteiger partial charge in [0.25, 0.3) is 0 Å². The Balaban J connectivity index is 1.65. The van der Waals surface area contributed by atoms with Gasteiger partial charge < -0.3 is 14.8 Å². The molecule has 0 saturated heterocycles.